The van der Waals surface area contributed by atoms with Gasteiger partial charge in [-0.05, 0) is 48.2 Å². The van der Waals surface area contributed by atoms with Crippen LogP contribution in [-0.2, 0) is 31.6 Å². The van der Waals surface area contributed by atoms with Crippen LogP contribution in [0.5, 0.6) is 0 Å². The number of benzene rings is 2. The van der Waals surface area contributed by atoms with Gasteiger partial charge in [0, 0.05) is 18.0 Å². The average molecular weight is 748 g/mol. The summed E-state index contributed by atoms with van der Waals surface area (Å²) in [5, 5.41) is 9.53. The highest BCUT2D eigenvalue weighted by molar-refractivity contribution is 5.98. The third-order valence-corrected chi connectivity index (χ3v) is 7.90. The van der Waals surface area contributed by atoms with Crippen molar-refractivity contribution >= 4 is 23.8 Å². The fourth-order valence-electron chi connectivity index (χ4n) is 5.31. The Balaban J connectivity index is 1.49. The summed E-state index contributed by atoms with van der Waals surface area (Å²) in [4.78, 5) is 41.7. The molecule has 3 amide bonds. The van der Waals surface area contributed by atoms with E-state index in [-0.39, 0.29) is 55.0 Å². The monoisotopic (exact) mass is 747 g/mol. The molecular formula is C33H33F8N5O6. The largest absolute Gasteiger partial charge is 0.453 e. The molecule has 0 aliphatic carbocycles. The number of halogens is 8. The Morgan fingerprint density at radius 2 is 1.62 bits per heavy atom. The van der Waals surface area contributed by atoms with Gasteiger partial charge in [-0.1, -0.05) is 24.3 Å². The van der Waals surface area contributed by atoms with Crippen LogP contribution >= 0.6 is 0 Å². The van der Waals surface area contributed by atoms with Crippen molar-refractivity contribution in [3.63, 3.8) is 0 Å². The van der Waals surface area contributed by atoms with Gasteiger partial charge in [-0.2, -0.15) is 26.3 Å². The Morgan fingerprint density at radius 3 is 2.19 bits per heavy atom. The minimum absolute atomic E-state index is 0.00317. The van der Waals surface area contributed by atoms with Crippen molar-refractivity contribution in [2.75, 3.05) is 38.7 Å². The van der Waals surface area contributed by atoms with Crippen molar-refractivity contribution in [3.8, 4) is 0 Å². The van der Waals surface area contributed by atoms with Crippen LogP contribution in [0.3, 0.4) is 0 Å². The maximum Gasteiger partial charge on any atom is 0.416 e. The second-order valence-corrected chi connectivity index (χ2v) is 11.6. The standard InChI is InChI=1S/C33H33F8N5O6/c1-50-31(49)46-28(27(19-4-8-21(34)9-5-19)18-2-6-20(7-3-18)33(39,40)41)29(47)45-26-14-42-13-25(35)24(26)11-10-23-12-43-22(15-51-23)16-52-30(48)44-17-32(36,37)38/h2-9,13-14,22-23,27-28,43H,10-12,15-17H2,1H3,(H,44,48)(H,45,47)(H,46,49)/t22-,23+,27-,28-/m0/s1. The lowest BCUT2D eigenvalue weighted by Crippen LogP contribution is -2.49. The summed E-state index contributed by atoms with van der Waals surface area (Å²) in [5.41, 5.74) is -0.681. The van der Waals surface area contributed by atoms with E-state index in [1.165, 1.54) is 12.1 Å². The number of aromatic nitrogens is 1. The minimum Gasteiger partial charge on any atom is -0.453 e. The fraction of sp³-hybridized carbons (Fsp3) is 0.394. The first-order valence-corrected chi connectivity index (χ1v) is 15.6. The number of rotatable bonds is 12. The summed E-state index contributed by atoms with van der Waals surface area (Å²) in [5.74, 6) is -3.57. The number of anilines is 1. The van der Waals surface area contributed by atoms with E-state index in [1.54, 1.807) is 5.32 Å². The number of ether oxygens (including phenoxy) is 3. The summed E-state index contributed by atoms with van der Waals surface area (Å²) in [6.45, 7) is -1.62. The predicted molar refractivity (Wildman–Crippen MR) is 167 cm³/mol. The number of morpholine rings is 1. The molecule has 0 saturated carbocycles. The second kappa shape index (κ2) is 17.5. The number of carbonyl (C=O) groups excluding carboxylic acids is 3. The van der Waals surface area contributed by atoms with E-state index in [4.69, 9.17) is 14.2 Å². The van der Waals surface area contributed by atoms with Crippen molar-refractivity contribution in [1.82, 2.24) is 20.9 Å². The number of carbonyl (C=O) groups is 3. The first-order chi connectivity index (χ1) is 24.5. The number of hydrogen-bond acceptors (Lipinski definition) is 8. The second-order valence-electron chi connectivity index (χ2n) is 11.6. The van der Waals surface area contributed by atoms with Crippen LogP contribution in [0.1, 0.15) is 34.6 Å². The highest BCUT2D eigenvalue weighted by Crippen LogP contribution is 2.34. The van der Waals surface area contributed by atoms with Gasteiger partial charge in [-0.3, -0.25) is 9.78 Å². The van der Waals surface area contributed by atoms with Crippen molar-refractivity contribution in [1.29, 1.82) is 0 Å². The molecule has 2 aromatic carbocycles. The molecule has 1 aliphatic heterocycles. The van der Waals surface area contributed by atoms with E-state index >= 15 is 4.39 Å². The van der Waals surface area contributed by atoms with Crippen molar-refractivity contribution < 1.29 is 63.7 Å². The quantitative estimate of drug-likeness (QED) is 0.180. The van der Waals surface area contributed by atoms with Gasteiger partial charge in [-0.25, -0.2) is 18.4 Å². The molecule has 0 unspecified atom stereocenters. The molecule has 1 saturated heterocycles. The summed E-state index contributed by atoms with van der Waals surface area (Å²) < 4.78 is 121. The van der Waals surface area contributed by atoms with Crippen LogP contribution in [0.2, 0.25) is 0 Å². The van der Waals surface area contributed by atoms with Crippen LogP contribution in [0.4, 0.5) is 50.4 Å². The van der Waals surface area contributed by atoms with Gasteiger partial charge >= 0.3 is 24.5 Å². The van der Waals surface area contributed by atoms with Gasteiger partial charge in [0.15, 0.2) is 0 Å². The van der Waals surface area contributed by atoms with Crippen molar-refractivity contribution in [3.05, 3.63) is 94.8 Å². The molecule has 11 nitrogen and oxygen atoms in total. The molecular weight excluding hydrogens is 714 g/mol. The van der Waals surface area contributed by atoms with Crippen molar-refractivity contribution in [2.24, 2.45) is 0 Å². The molecule has 4 N–H and O–H groups in total. The highest BCUT2D eigenvalue weighted by Gasteiger charge is 2.36. The first-order valence-electron chi connectivity index (χ1n) is 15.6. The summed E-state index contributed by atoms with van der Waals surface area (Å²) in [6, 6.07) is 6.42. The third-order valence-electron chi connectivity index (χ3n) is 7.90. The molecule has 1 aliphatic rings. The van der Waals surface area contributed by atoms with Gasteiger partial charge in [0.2, 0.25) is 5.91 Å². The molecule has 4 atom stereocenters. The zero-order valence-electron chi connectivity index (χ0n) is 27.2. The van der Waals surface area contributed by atoms with Gasteiger partial charge in [0.05, 0.1) is 49.5 Å². The van der Waals surface area contributed by atoms with Gasteiger partial charge < -0.3 is 35.5 Å². The molecule has 52 heavy (non-hydrogen) atoms. The molecule has 0 spiro atoms. The topological polar surface area (TPSA) is 140 Å². The molecule has 1 fully saturated rings. The van der Waals surface area contributed by atoms with Gasteiger partial charge in [-0.15, -0.1) is 0 Å². The van der Waals surface area contributed by atoms with E-state index in [1.807, 2.05) is 0 Å². The Bertz CT molecular complexity index is 1670. The Morgan fingerprint density at radius 1 is 0.962 bits per heavy atom. The lowest BCUT2D eigenvalue weighted by atomic mass is 9.84. The number of alkyl carbamates (subject to hydrolysis) is 2. The summed E-state index contributed by atoms with van der Waals surface area (Å²) in [6.07, 6.45) is -9.83. The van der Waals surface area contributed by atoms with Crippen LogP contribution in [-0.4, -0.2) is 80.9 Å². The maximum atomic E-state index is 15.1. The number of methoxy groups -OCH3 is 1. The Hall–Kier alpha value is -5.04. The minimum atomic E-state index is -4.67. The number of alkyl halides is 6. The number of nitrogens with one attached hydrogen (secondary N) is 4. The van der Waals surface area contributed by atoms with Crippen molar-refractivity contribution in [2.45, 2.75) is 49.3 Å². The lowest BCUT2D eigenvalue weighted by molar-refractivity contribution is -0.137. The molecule has 2 heterocycles. The van der Waals surface area contributed by atoms with E-state index in [0.29, 0.717) is 0 Å². The first kappa shape index (κ1) is 39.7. The molecule has 282 valence electrons. The van der Waals surface area contributed by atoms with Gasteiger partial charge in [0.1, 0.15) is 30.8 Å². The normalized spacial score (nSPS) is 17.4. The van der Waals surface area contributed by atoms with Crippen LogP contribution < -0.4 is 21.3 Å². The molecule has 0 bridgehead atoms. The number of nitrogens with zero attached hydrogens (tertiary/aromatic N) is 1. The maximum absolute atomic E-state index is 15.1. The zero-order chi connectivity index (χ0) is 38.1. The van der Waals surface area contributed by atoms with E-state index in [0.717, 1.165) is 55.9 Å². The average Bonchev–Trinajstić information content (AvgIpc) is 3.10. The molecule has 3 aromatic rings. The van der Waals surface area contributed by atoms with E-state index < -0.39 is 78.3 Å². The van der Waals surface area contributed by atoms with Crippen LogP contribution in [0.25, 0.3) is 0 Å². The van der Waals surface area contributed by atoms with Crippen LogP contribution in [0, 0.1) is 11.6 Å². The van der Waals surface area contributed by atoms with Crippen LogP contribution in [0.15, 0.2) is 60.9 Å². The molecule has 0 radical (unpaired) electrons. The highest BCUT2D eigenvalue weighted by atomic mass is 19.4. The number of amides is 3. The molecule has 19 heteroatoms. The lowest BCUT2D eigenvalue weighted by Gasteiger charge is -2.30. The van der Waals surface area contributed by atoms with Gasteiger partial charge in [0.25, 0.3) is 0 Å². The summed E-state index contributed by atoms with van der Waals surface area (Å²) in [7, 11) is 1.02. The smallest absolute Gasteiger partial charge is 0.416 e. The predicted octanol–water partition coefficient (Wildman–Crippen LogP) is 5.45. The molecule has 4 rings (SSSR count). The Kier molecular flexibility index (Phi) is 13.3. The van der Waals surface area contributed by atoms with E-state index in [9.17, 15) is 45.1 Å². The number of hydrogen-bond donors (Lipinski definition) is 4. The zero-order valence-corrected chi connectivity index (χ0v) is 27.2. The number of pyridine rings is 1. The Labute approximate surface area is 291 Å². The summed E-state index contributed by atoms with van der Waals surface area (Å²) >= 11 is 0. The molecule has 1 aromatic heterocycles. The SMILES string of the molecule is COC(=O)N[C@H](C(=O)Nc1cncc(F)c1CC[C@@H]1CN[C@H](COC(=O)NCC(F)(F)F)CO1)[C@H](c1ccc(F)cc1)c1ccc(C(F)(F)F)cc1. The third kappa shape index (κ3) is 11.5. The fourth-order valence-corrected chi connectivity index (χ4v) is 5.31. The van der Waals surface area contributed by atoms with E-state index in [2.05, 4.69) is 20.9 Å².